The number of hydrogen-bond acceptors (Lipinski definition) is 6. The molecule has 0 bridgehead atoms. The van der Waals surface area contributed by atoms with Gasteiger partial charge in [0.15, 0.2) is 5.84 Å². The van der Waals surface area contributed by atoms with Gasteiger partial charge in [0, 0.05) is 25.3 Å². The lowest BCUT2D eigenvalue weighted by molar-refractivity contribution is 0.318. The van der Waals surface area contributed by atoms with Crippen LogP contribution in [0.25, 0.3) is 0 Å². The molecule has 1 fully saturated rings. The van der Waals surface area contributed by atoms with Gasteiger partial charge in [0.2, 0.25) is 5.95 Å². The van der Waals surface area contributed by atoms with Crippen LogP contribution in [0.3, 0.4) is 0 Å². The summed E-state index contributed by atoms with van der Waals surface area (Å²) in [6.07, 6.45) is 3.91. The van der Waals surface area contributed by atoms with Gasteiger partial charge in [-0.05, 0) is 33.0 Å². The van der Waals surface area contributed by atoms with E-state index in [0.717, 1.165) is 25.9 Å². The van der Waals surface area contributed by atoms with Crippen LogP contribution in [-0.4, -0.2) is 59.1 Å². The second-order valence-electron chi connectivity index (χ2n) is 4.98. The van der Waals surface area contributed by atoms with Crippen molar-refractivity contribution in [1.82, 2.24) is 14.9 Å². The number of likely N-dealkylation sites (N-methyl/N-ethyl adjacent to an activating group) is 1. The Balaban J connectivity index is 2.21. The van der Waals surface area contributed by atoms with Crippen molar-refractivity contribution in [2.75, 3.05) is 32.1 Å². The Morgan fingerprint density at radius 2 is 2.42 bits per heavy atom. The maximum absolute atomic E-state index is 8.70. The van der Waals surface area contributed by atoms with E-state index in [4.69, 9.17) is 10.9 Å². The highest BCUT2D eigenvalue weighted by Gasteiger charge is 2.27. The lowest BCUT2D eigenvalue weighted by atomic mass is 10.2. The van der Waals surface area contributed by atoms with Gasteiger partial charge in [-0.2, -0.15) is 0 Å². The number of aromatic nitrogens is 2. The van der Waals surface area contributed by atoms with Crippen molar-refractivity contribution in [1.29, 1.82) is 0 Å². The summed E-state index contributed by atoms with van der Waals surface area (Å²) in [7, 11) is 4.12. The highest BCUT2D eigenvalue weighted by Crippen LogP contribution is 2.22. The molecular weight excluding hydrogens is 244 g/mol. The van der Waals surface area contributed by atoms with Crippen LogP contribution in [-0.2, 0) is 0 Å². The molecule has 1 aliphatic heterocycles. The van der Waals surface area contributed by atoms with Crippen LogP contribution < -0.4 is 10.6 Å². The molecule has 1 aromatic heterocycles. The Kier molecular flexibility index (Phi) is 4.16. The van der Waals surface area contributed by atoms with Crippen molar-refractivity contribution in [3.05, 3.63) is 18.0 Å². The molecule has 1 atom stereocenters. The van der Waals surface area contributed by atoms with Crippen LogP contribution in [0, 0.1) is 0 Å². The van der Waals surface area contributed by atoms with E-state index in [-0.39, 0.29) is 5.84 Å². The molecule has 104 valence electrons. The summed E-state index contributed by atoms with van der Waals surface area (Å²) in [6, 6.07) is 2.05. The number of hydrogen-bond donors (Lipinski definition) is 2. The minimum Gasteiger partial charge on any atom is -0.409 e. The van der Waals surface area contributed by atoms with Gasteiger partial charge in [0.1, 0.15) is 5.69 Å². The molecule has 0 saturated carbocycles. The van der Waals surface area contributed by atoms with Gasteiger partial charge in [-0.1, -0.05) is 5.16 Å². The number of oxime groups is 1. The van der Waals surface area contributed by atoms with E-state index < -0.39 is 0 Å². The Morgan fingerprint density at radius 3 is 3.11 bits per heavy atom. The Hall–Kier alpha value is -1.89. The third kappa shape index (κ3) is 3.11. The fourth-order valence-electron chi connectivity index (χ4n) is 2.39. The molecule has 0 amide bonds. The highest BCUT2D eigenvalue weighted by molar-refractivity contribution is 5.95. The van der Waals surface area contributed by atoms with E-state index in [1.807, 2.05) is 0 Å². The van der Waals surface area contributed by atoms with Crippen LogP contribution in [0.5, 0.6) is 0 Å². The first-order valence-electron chi connectivity index (χ1n) is 6.34. The van der Waals surface area contributed by atoms with Crippen LogP contribution in [0.1, 0.15) is 18.5 Å². The van der Waals surface area contributed by atoms with Crippen LogP contribution in [0.2, 0.25) is 0 Å². The fraction of sp³-hybridized carbons (Fsp3) is 0.583. The van der Waals surface area contributed by atoms with Crippen molar-refractivity contribution in [2.45, 2.75) is 18.9 Å². The molecule has 0 aromatic carbocycles. The minimum atomic E-state index is 0.00649. The van der Waals surface area contributed by atoms with E-state index in [1.54, 1.807) is 12.3 Å². The van der Waals surface area contributed by atoms with E-state index in [2.05, 4.69) is 39.0 Å². The molecule has 7 nitrogen and oxygen atoms in total. The molecule has 3 N–H and O–H groups in total. The predicted octanol–water partition coefficient (Wildman–Crippen LogP) is 0.102. The van der Waals surface area contributed by atoms with Crippen molar-refractivity contribution >= 4 is 11.8 Å². The first-order chi connectivity index (χ1) is 9.11. The quantitative estimate of drug-likeness (QED) is 0.347. The van der Waals surface area contributed by atoms with Crippen molar-refractivity contribution < 1.29 is 5.21 Å². The maximum atomic E-state index is 8.70. The molecule has 7 heteroatoms. The van der Waals surface area contributed by atoms with Crippen molar-refractivity contribution in [2.24, 2.45) is 10.9 Å². The Bertz CT molecular complexity index is 461. The summed E-state index contributed by atoms with van der Waals surface area (Å²) in [5.74, 6) is 0.653. The molecule has 1 unspecified atom stereocenters. The van der Waals surface area contributed by atoms with Crippen molar-refractivity contribution in [3.63, 3.8) is 0 Å². The highest BCUT2D eigenvalue weighted by atomic mass is 16.4. The smallest absolute Gasteiger partial charge is 0.226 e. The van der Waals surface area contributed by atoms with Gasteiger partial charge < -0.3 is 20.7 Å². The van der Waals surface area contributed by atoms with E-state index >= 15 is 0 Å². The number of nitrogens with zero attached hydrogens (tertiary/aromatic N) is 5. The van der Waals surface area contributed by atoms with Gasteiger partial charge >= 0.3 is 0 Å². The van der Waals surface area contributed by atoms with Gasteiger partial charge in [-0.3, -0.25) is 0 Å². The Morgan fingerprint density at radius 1 is 1.63 bits per heavy atom. The topological polar surface area (TPSA) is 90.9 Å². The summed E-state index contributed by atoms with van der Waals surface area (Å²) in [6.45, 7) is 1.91. The molecule has 0 aliphatic carbocycles. The lowest BCUT2D eigenvalue weighted by Gasteiger charge is -2.27. The van der Waals surface area contributed by atoms with Gasteiger partial charge in [-0.25, -0.2) is 9.97 Å². The summed E-state index contributed by atoms with van der Waals surface area (Å²) in [4.78, 5) is 13.0. The van der Waals surface area contributed by atoms with Gasteiger partial charge in [0.25, 0.3) is 0 Å². The monoisotopic (exact) mass is 264 g/mol. The molecule has 19 heavy (non-hydrogen) atoms. The first kappa shape index (κ1) is 13.5. The second kappa shape index (κ2) is 5.83. The molecule has 0 spiro atoms. The SMILES string of the molecule is CN(C)CC1CCCN1c1nccc(/C(N)=N/O)n1. The largest absolute Gasteiger partial charge is 0.409 e. The van der Waals surface area contributed by atoms with Crippen LogP contribution in [0.4, 0.5) is 5.95 Å². The minimum absolute atomic E-state index is 0.00649. The molecule has 1 saturated heterocycles. The molecule has 0 radical (unpaired) electrons. The zero-order chi connectivity index (χ0) is 13.8. The van der Waals surface area contributed by atoms with Crippen molar-refractivity contribution in [3.8, 4) is 0 Å². The molecule has 2 rings (SSSR count). The molecule has 2 heterocycles. The maximum Gasteiger partial charge on any atom is 0.226 e. The molecular formula is C12H20N6O. The summed E-state index contributed by atoms with van der Waals surface area (Å²) >= 11 is 0. The number of amidine groups is 1. The number of nitrogens with two attached hydrogens (primary N) is 1. The predicted molar refractivity (Wildman–Crippen MR) is 73.5 cm³/mol. The summed E-state index contributed by atoms with van der Waals surface area (Å²) in [5.41, 5.74) is 6.01. The van der Waals surface area contributed by atoms with Gasteiger partial charge in [-0.15, -0.1) is 0 Å². The van der Waals surface area contributed by atoms with E-state index in [1.165, 1.54) is 0 Å². The number of anilines is 1. The third-order valence-electron chi connectivity index (χ3n) is 3.22. The molecule has 1 aliphatic rings. The average Bonchev–Trinajstić information content (AvgIpc) is 2.85. The average molecular weight is 264 g/mol. The summed E-state index contributed by atoms with van der Waals surface area (Å²) in [5, 5.41) is 11.7. The third-order valence-corrected chi connectivity index (χ3v) is 3.22. The fourth-order valence-corrected chi connectivity index (χ4v) is 2.39. The van der Waals surface area contributed by atoms with E-state index in [9.17, 15) is 0 Å². The van der Waals surface area contributed by atoms with Crippen LogP contribution >= 0.6 is 0 Å². The van der Waals surface area contributed by atoms with Gasteiger partial charge in [0.05, 0.1) is 0 Å². The molecule has 1 aromatic rings. The number of rotatable bonds is 4. The zero-order valence-corrected chi connectivity index (χ0v) is 11.3. The summed E-state index contributed by atoms with van der Waals surface area (Å²) < 4.78 is 0. The van der Waals surface area contributed by atoms with Crippen LogP contribution in [0.15, 0.2) is 17.4 Å². The van der Waals surface area contributed by atoms with E-state index in [0.29, 0.717) is 17.7 Å². The first-order valence-corrected chi connectivity index (χ1v) is 6.34. The second-order valence-corrected chi connectivity index (χ2v) is 4.98. The normalized spacial score (nSPS) is 20.3. The standard InChI is InChI=1S/C12H20N6O/c1-17(2)8-9-4-3-7-18(9)12-14-6-5-10(15-12)11(13)16-19/h5-6,9,19H,3-4,7-8H2,1-2H3,(H2,13,16). The Labute approximate surface area is 112 Å². The zero-order valence-electron chi connectivity index (χ0n) is 11.3. The lowest BCUT2D eigenvalue weighted by Crippen LogP contribution is -2.38.